The number of aromatic nitrogens is 1. The molecule has 2 heterocycles. The number of fused-ring (bicyclic) bond motifs is 1. The highest BCUT2D eigenvalue weighted by Crippen LogP contribution is 2.19. The number of H-pyrrole nitrogens is 1. The number of nitrogens with one attached hydrogen (secondary N) is 2. The zero-order valence-corrected chi connectivity index (χ0v) is 12.5. The normalized spacial score (nSPS) is 12.2. The number of amides is 1. The van der Waals surface area contributed by atoms with Crippen molar-refractivity contribution in [3.63, 3.8) is 0 Å². The molecular weight excluding hydrogens is 296 g/mol. The largest absolute Gasteiger partial charge is 0.480 e. The number of carboxylic acids is 1. The maximum Gasteiger partial charge on any atom is 0.326 e. The van der Waals surface area contributed by atoms with E-state index in [1.807, 2.05) is 24.3 Å². The van der Waals surface area contributed by atoms with Crippen LogP contribution >= 0.6 is 0 Å². The molecule has 1 amide bonds. The number of para-hydroxylation sites is 1. The molecule has 2 aromatic heterocycles. The highest BCUT2D eigenvalue weighted by molar-refractivity contribution is 5.95. The fraction of sp³-hybridized carbons (Fsp3) is 0.176. The van der Waals surface area contributed by atoms with Crippen LogP contribution in [-0.4, -0.2) is 28.0 Å². The van der Waals surface area contributed by atoms with E-state index in [1.54, 1.807) is 19.2 Å². The first-order valence-corrected chi connectivity index (χ1v) is 7.19. The Balaban J connectivity index is 1.81. The summed E-state index contributed by atoms with van der Waals surface area (Å²) in [7, 11) is 0. The molecule has 0 aliphatic carbocycles. The maximum absolute atomic E-state index is 12.2. The van der Waals surface area contributed by atoms with E-state index in [1.165, 1.54) is 6.26 Å². The molecule has 0 spiro atoms. The number of aromatic amines is 1. The molecule has 0 radical (unpaired) electrons. The second-order valence-electron chi connectivity index (χ2n) is 5.36. The van der Waals surface area contributed by atoms with Crippen molar-refractivity contribution in [2.75, 3.05) is 0 Å². The van der Waals surface area contributed by atoms with Crippen molar-refractivity contribution < 1.29 is 19.1 Å². The average Bonchev–Trinajstić information content (AvgIpc) is 3.13. The van der Waals surface area contributed by atoms with Gasteiger partial charge in [0.05, 0.1) is 6.26 Å². The van der Waals surface area contributed by atoms with E-state index in [-0.39, 0.29) is 12.2 Å². The number of carbonyl (C=O) groups is 2. The Bertz CT molecular complexity index is 862. The third-order valence-electron chi connectivity index (χ3n) is 3.77. The third-order valence-corrected chi connectivity index (χ3v) is 3.77. The summed E-state index contributed by atoms with van der Waals surface area (Å²) in [5, 5.41) is 12.9. The summed E-state index contributed by atoms with van der Waals surface area (Å²) in [6.07, 6.45) is 3.36. The maximum atomic E-state index is 12.2. The van der Waals surface area contributed by atoms with Crippen LogP contribution in [0, 0.1) is 6.92 Å². The van der Waals surface area contributed by atoms with Gasteiger partial charge >= 0.3 is 5.97 Å². The number of hydrogen-bond acceptors (Lipinski definition) is 3. The predicted molar refractivity (Wildman–Crippen MR) is 84.3 cm³/mol. The quantitative estimate of drug-likeness (QED) is 0.674. The van der Waals surface area contributed by atoms with Crippen LogP contribution in [0.2, 0.25) is 0 Å². The summed E-state index contributed by atoms with van der Waals surface area (Å²) in [5.74, 6) is -1.48. The third kappa shape index (κ3) is 2.96. The van der Waals surface area contributed by atoms with E-state index >= 15 is 0 Å². The number of rotatable bonds is 5. The van der Waals surface area contributed by atoms with Crippen LogP contribution in [0.1, 0.15) is 21.7 Å². The highest BCUT2D eigenvalue weighted by Gasteiger charge is 2.24. The van der Waals surface area contributed by atoms with Crippen LogP contribution in [0.25, 0.3) is 10.9 Å². The van der Waals surface area contributed by atoms with Crippen LogP contribution in [0.3, 0.4) is 0 Å². The predicted octanol–water partition coefficient (Wildman–Crippen LogP) is 2.50. The van der Waals surface area contributed by atoms with E-state index in [4.69, 9.17) is 4.42 Å². The standard InChI is InChI=1S/C17H16N2O4/c1-10-6-7-23-15(10)16(20)19-14(17(21)22)8-11-9-18-13-5-3-2-4-12(11)13/h2-7,9,14,18H,8H2,1H3,(H,19,20)(H,21,22). The monoisotopic (exact) mass is 312 g/mol. The fourth-order valence-corrected chi connectivity index (χ4v) is 2.55. The molecule has 3 aromatic rings. The van der Waals surface area contributed by atoms with Gasteiger partial charge in [0.1, 0.15) is 6.04 Å². The van der Waals surface area contributed by atoms with Crippen LogP contribution in [-0.2, 0) is 11.2 Å². The van der Waals surface area contributed by atoms with Gasteiger partial charge < -0.3 is 19.8 Å². The molecule has 23 heavy (non-hydrogen) atoms. The molecule has 0 aliphatic heterocycles. The number of benzene rings is 1. The minimum atomic E-state index is -1.09. The van der Waals surface area contributed by atoms with Crippen molar-refractivity contribution in [3.05, 3.63) is 59.7 Å². The van der Waals surface area contributed by atoms with Crippen LogP contribution in [0.15, 0.2) is 47.2 Å². The molecule has 0 saturated carbocycles. The Labute approximate surface area is 132 Å². The molecule has 0 fully saturated rings. The Morgan fingerprint density at radius 1 is 1.30 bits per heavy atom. The van der Waals surface area contributed by atoms with Crippen molar-refractivity contribution in [1.82, 2.24) is 10.3 Å². The topological polar surface area (TPSA) is 95.3 Å². The lowest BCUT2D eigenvalue weighted by Crippen LogP contribution is -2.42. The van der Waals surface area contributed by atoms with Crippen molar-refractivity contribution in [2.24, 2.45) is 0 Å². The molecule has 1 unspecified atom stereocenters. The molecule has 3 N–H and O–H groups in total. The summed E-state index contributed by atoms with van der Waals surface area (Å²) in [6, 6.07) is 8.24. The van der Waals surface area contributed by atoms with Crippen molar-refractivity contribution in [1.29, 1.82) is 0 Å². The van der Waals surface area contributed by atoms with Crippen LogP contribution < -0.4 is 5.32 Å². The molecule has 118 valence electrons. The second-order valence-corrected chi connectivity index (χ2v) is 5.36. The lowest BCUT2D eigenvalue weighted by Gasteiger charge is -2.13. The number of carbonyl (C=O) groups excluding carboxylic acids is 1. The van der Waals surface area contributed by atoms with Gasteiger partial charge in [-0.25, -0.2) is 4.79 Å². The van der Waals surface area contributed by atoms with Crippen molar-refractivity contribution in [2.45, 2.75) is 19.4 Å². The molecule has 6 heteroatoms. The molecule has 6 nitrogen and oxygen atoms in total. The molecular formula is C17H16N2O4. The average molecular weight is 312 g/mol. The fourth-order valence-electron chi connectivity index (χ4n) is 2.55. The Morgan fingerprint density at radius 2 is 2.09 bits per heavy atom. The second kappa shape index (κ2) is 6.00. The molecule has 1 atom stereocenters. The summed E-state index contributed by atoms with van der Waals surface area (Å²) < 4.78 is 5.10. The summed E-state index contributed by atoms with van der Waals surface area (Å²) in [4.78, 5) is 26.8. The zero-order valence-electron chi connectivity index (χ0n) is 12.5. The summed E-state index contributed by atoms with van der Waals surface area (Å²) >= 11 is 0. The van der Waals surface area contributed by atoms with Gasteiger partial charge in [0.15, 0.2) is 5.76 Å². The number of hydrogen-bond donors (Lipinski definition) is 3. The first-order chi connectivity index (χ1) is 11.1. The van der Waals surface area contributed by atoms with Gasteiger partial charge in [0.2, 0.25) is 0 Å². The minimum Gasteiger partial charge on any atom is -0.480 e. The SMILES string of the molecule is Cc1ccoc1C(=O)NC(Cc1c[nH]c2ccccc12)C(=O)O. The lowest BCUT2D eigenvalue weighted by atomic mass is 10.0. The molecule has 0 bridgehead atoms. The van der Waals surface area contributed by atoms with Gasteiger partial charge in [-0.05, 0) is 24.6 Å². The van der Waals surface area contributed by atoms with Gasteiger partial charge in [0, 0.05) is 29.1 Å². The van der Waals surface area contributed by atoms with E-state index in [2.05, 4.69) is 10.3 Å². The zero-order chi connectivity index (χ0) is 16.4. The van der Waals surface area contributed by atoms with E-state index < -0.39 is 17.9 Å². The van der Waals surface area contributed by atoms with Crippen LogP contribution in [0.4, 0.5) is 0 Å². The van der Waals surface area contributed by atoms with Gasteiger partial charge in [-0.1, -0.05) is 18.2 Å². The van der Waals surface area contributed by atoms with E-state index in [9.17, 15) is 14.7 Å². The first kappa shape index (κ1) is 14.9. The minimum absolute atomic E-state index is 0.134. The summed E-state index contributed by atoms with van der Waals surface area (Å²) in [5.41, 5.74) is 2.43. The number of aryl methyl sites for hydroxylation is 1. The Morgan fingerprint density at radius 3 is 2.78 bits per heavy atom. The van der Waals surface area contributed by atoms with Crippen LogP contribution in [0.5, 0.6) is 0 Å². The molecule has 1 aromatic carbocycles. The Hall–Kier alpha value is -3.02. The summed E-state index contributed by atoms with van der Waals surface area (Å²) in [6.45, 7) is 1.73. The lowest BCUT2D eigenvalue weighted by molar-refractivity contribution is -0.139. The first-order valence-electron chi connectivity index (χ1n) is 7.19. The van der Waals surface area contributed by atoms with E-state index in [0.29, 0.717) is 5.56 Å². The Kier molecular flexibility index (Phi) is 3.89. The molecule has 0 saturated heterocycles. The highest BCUT2D eigenvalue weighted by atomic mass is 16.4. The molecule has 3 rings (SSSR count). The molecule has 0 aliphatic rings. The van der Waals surface area contributed by atoms with Crippen molar-refractivity contribution >= 4 is 22.8 Å². The number of carboxylic acid groups (broad SMARTS) is 1. The van der Waals surface area contributed by atoms with Crippen molar-refractivity contribution in [3.8, 4) is 0 Å². The smallest absolute Gasteiger partial charge is 0.326 e. The number of furan rings is 1. The van der Waals surface area contributed by atoms with Gasteiger partial charge in [-0.2, -0.15) is 0 Å². The number of aliphatic carboxylic acids is 1. The van der Waals surface area contributed by atoms with Gasteiger partial charge in [-0.15, -0.1) is 0 Å². The van der Waals surface area contributed by atoms with Gasteiger partial charge in [0.25, 0.3) is 5.91 Å². The van der Waals surface area contributed by atoms with Gasteiger partial charge in [-0.3, -0.25) is 4.79 Å². The van der Waals surface area contributed by atoms with E-state index in [0.717, 1.165) is 16.5 Å².